The van der Waals surface area contributed by atoms with Crippen LogP contribution in [0.15, 0.2) is 64.8 Å². The minimum atomic E-state index is -2.58. The molecular weight excluding hydrogens is 440 g/mol. The van der Waals surface area contributed by atoms with Crippen molar-refractivity contribution in [2.75, 3.05) is 29.7 Å². The van der Waals surface area contributed by atoms with E-state index in [1.54, 1.807) is 11.9 Å². The molecule has 2 aromatic carbocycles. The third-order valence-corrected chi connectivity index (χ3v) is 6.48. The molecule has 4 nitrogen and oxygen atoms in total. The molecule has 0 spiro atoms. The first-order valence-electron chi connectivity index (χ1n) is 10.5. The first kappa shape index (κ1) is 22.8. The number of alkyl halides is 4. The molecule has 0 atom stereocenters. The van der Waals surface area contributed by atoms with E-state index in [-0.39, 0.29) is 25.1 Å². The zero-order chi connectivity index (χ0) is 22.6. The molecule has 2 aromatic rings. The van der Waals surface area contributed by atoms with Crippen molar-refractivity contribution in [1.82, 2.24) is 4.90 Å². The van der Waals surface area contributed by atoms with Gasteiger partial charge in [0, 0.05) is 37.4 Å². The van der Waals surface area contributed by atoms with Gasteiger partial charge in [-0.3, -0.25) is 4.90 Å². The Bertz CT molecular complexity index is 964. The maximum absolute atomic E-state index is 13.4. The SMILES string of the molecule is FC(F)C1=NN=C(c2ccc(CN(SCCN3CCC(F)(F)C3)c3ccccc3)cc2)C1. The summed E-state index contributed by atoms with van der Waals surface area (Å²) in [6.07, 6.45) is -2.58. The minimum absolute atomic E-state index is 0.0679. The Hall–Kier alpha value is -2.39. The lowest BCUT2D eigenvalue weighted by atomic mass is 10.0. The van der Waals surface area contributed by atoms with Gasteiger partial charge in [0.15, 0.2) is 0 Å². The van der Waals surface area contributed by atoms with Gasteiger partial charge in [-0.25, -0.2) is 17.6 Å². The Morgan fingerprint density at radius 3 is 2.41 bits per heavy atom. The Morgan fingerprint density at radius 2 is 1.78 bits per heavy atom. The van der Waals surface area contributed by atoms with Crippen LogP contribution in [-0.4, -0.2) is 54.1 Å². The van der Waals surface area contributed by atoms with E-state index in [1.807, 2.05) is 59.5 Å². The highest BCUT2D eigenvalue weighted by atomic mass is 32.2. The third kappa shape index (κ3) is 5.89. The first-order chi connectivity index (χ1) is 15.4. The molecule has 0 aliphatic carbocycles. The van der Waals surface area contributed by atoms with Crippen LogP contribution >= 0.6 is 11.9 Å². The number of likely N-dealkylation sites (tertiary alicyclic amines) is 1. The first-order valence-corrected chi connectivity index (χ1v) is 11.4. The van der Waals surface area contributed by atoms with Crippen LogP contribution in [0.2, 0.25) is 0 Å². The molecule has 0 aromatic heterocycles. The van der Waals surface area contributed by atoms with Gasteiger partial charge in [-0.1, -0.05) is 42.5 Å². The second-order valence-corrected chi connectivity index (χ2v) is 9.01. The predicted molar refractivity (Wildman–Crippen MR) is 122 cm³/mol. The van der Waals surface area contributed by atoms with Crippen molar-refractivity contribution >= 4 is 29.1 Å². The molecule has 2 heterocycles. The fraction of sp³-hybridized carbons (Fsp3) is 0.391. The van der Waals surface area contributed by atoms with Gasteiger partial charge in [0.25, 0.3) is 12.3 Å². The van der Waals surface area contributed by atoms with Crippen LogP contribution in [0.1, 0.15) is 24.0 Å². The largest absolute Gasteiger partial charge is 0.312 e. The normalized spacial score (nSPS) is 18.2. The highest BCUT2D eigenvalue weighted by Gasteiger charge is 2.37. The van der Waals surface area contributed by atoms with Crippen LogP contribution in [0.4, 0.5) is 23.2 Å². The maximum Gasteiger partial charge on any atom is 0.278 e. The molecule has 4 rings (SSSR count). The van der Waals surface area contributed by atoms with Crippen molar-refractivity contribution < 1.29 is 17.6 Å². The molecule has 0 bridgehead atoms. The number of nitrogens with zero attached hydrogens (tertiary/aromatic N) is 4. The summed E-state index contributed by atoms with van der Waals surface area (Å²) in [6, 6.07) is 17.6. The van der Waals surface area contributed by atoms with Crippen LogP contribution in [0.3, 0.4) is 0 Å². The number of rotatable bonds is 9. The summed E-state index contributed by atoms with van der Waals surface area (Å²) in [7, 11) is 0. The summed E-state index contributed by atoms with van der Waals surface area (Å²) in [5.41, 5.74) is 3.20. The van der Waals surface area contributed by atoms with Gasteiger partial charge >= 0.3 is 0 Å². The lowest BCUT2D eigenvalue weighted by Gasteiger charge is -2.25. The standard InChI is InChI=1S/C23H24F4N4S/c24-22(25)21-14-20(28-29-21)18-8-6-17(7-9-18)15-31(19-4-2-1-3-5-19)32-13-12-30-11-10-23(26,27)16-30/h1-9,22H,10-16H2. The summed E-state index contributed by atoms with van der Waals surface area (Å²) >= 11 is 1.61. The van der Waals surface area contributed by atoms with E-state index in [4.69, 9.17) is 0 Å². The second-order valence-electron chi connectivity index (χ2n) is 7.90. The lowest BCUT2D eigenvalue weighted by molar-refractivity contribution is 0.0128. The van der Waals surface area contributed by atoms with Crippen molar-refractivity contribution in [3.63, 3.8) is 0 Å². The van der Waals surface area contributed by atoms with E-state index in [0.717, 1.165) is 16.8 Å². The van der Waals surface area contributed by atoms with Crippen LogP contribution < -0.4 is 4.31 Å². The van der Waals surface area contributed by atoms with E-state index < -0.39 is 12.3 Å². The molecule has 1 fully saturated rings. The topological polar surface area (TPSA) is 31.2 Å². The number of hydrogen-bond acceptors (Lipinski definition) is 5. The van der Waals surface area contributed by atoms with E-state index in [0.29, 0.717) is 31.1 Å². The zero-order valence-corrected chi connectivity index (χ0v) is 18.2. The summed E-state index contributed by atoms with van der Waals surface area (Å²) < 4.78 is 54.6. The molecule has 32 heavy (non-hydrogen) atoms. The van der Waals surface area contributed by atoms with Crippen molar-refractivity contribution in [3.8, 4) is 0 Å². The molecule has 0 saturated carbocycles. The van der Waals surface area contributed by atoms with E-state index >= 15 is 0 Å². The maximum atomic E-state index is 13.4. The van der Waals surface area contributed by atoms with Gasteiger partial charge in [0.05, 0.1) is 18.8 Å². The quantitative estimate of drug-likeness (QED) is 0.363. The molecule has 0 unspecified atom stereocenters. The summed E-state index contributed by atoms with van der Waals surface area (Å²) in [4.78, 5) is 1.81. The number of benzene rings is 2. The molecule has 2 aliphatic heterocycles. The number of halogens is 4. The molecular formula is C23H24F4N4S. The summed E-state index contributed by atoms with van der Waals surface area (Å²) in [5.74, 6) is -1.87. The molecule has 170 valence electrons. The van der Waals surface area contributed by atoms with Gasteiger partial charge < -0.3 is 4.31 Å². The Kier molecular flexibility index (Phi) is 7.15. The molecule has 2 aliphatic rings. The van der Waals surface area contributed by atoms with Gasteiger partial charge in [-0.15, -0.1) is 0 Å². The Labute approximate surface area is 189 Å². The lowest BCUT2D eigenvalue weighted by Crippen LogP contribution is -2.28. The fourth-order valence-electron chi connectivity index (χ4n) is 3.70. The van der Waals surface area contributed by atoms with Gasteiger partial charge in [0.2, 0.25) is 0 Å². The minimum Gasteiger partial charge on any atom is -0.312 e. The number of hydrogen-bond donors (Lipinski definition) is 0. The fourth-order valence-corrected chi connectivity index (χ4v) is 4.77. The van der Waals surface area contributed by atoms with E-state index in [2.05, 4.69) is 14.5 Å². The molecule has 0 N–H and O–H groups in total. The summed E-state index contributed by atoms with van der Waals surface area (Å²) in [6.45, 7) is 1.49. The molecule has 0 radical (unpaired) electrons. The number of para-hydroxylation sites is 1. The van der Waals surface area contributed by atoms with Crippen molar-refractivity contribution in [1.29, 1.82) is 0 Å². The van der Waals surface area contributed by atoms with Crippen LogP contribution in [0.5, 0.6) is 0 Å². The predicted octanol–water partition coefficient (Wildman–Crippen LogP) is 5.50. The third-order valence-electron chi connectivity index (χ3n) is 5.46. The van der Waals surface area contributed by atoms with Crippen LogP contribution in [-0.2, 0) is 6.54 Å². The van der Waals surface area contributed by atoms with E-state index in [1.165, 1.54) is 0 Å². The Morgan fingerprint density at radius 1 is 1.03 bits per heavy atom. The smallest absolute Gasteiger partial charge is 0.278 e. The van der Waals surface area contributed by atoms with Gasteiger partial charge in [0.1, 0.15) is 5.71 Å². The molecule has 9 heteroatoms. The van der Waals surface area contributed by atoms with Crippen LogP contribution in [0, 0.1) is 0 Å². The second kappa shape index (κ2) is 10.0. The molecule has 1 saturated heterocycles. The average Bonchev–Trinajstić information content (AvgIpc) is 3.41. The Balaban J connectivity index is 1.37. The molecule has 0 amide bonds. The number of anilines is 1. The van der Waals surface area contributed by atoms with Crippen molar-refractivity contribution in [3.05, 3.63) is 65.7 Å². The van der Waals surface area contributed by atoms with Gasteiger partial charge in [-0.05, 0) is 35.2 Å². The zero-order valence-electron chi connectivity index (χ0n) is 17.4. The monoisotopic (exact) mass is 464 g/mol. The van der Waals surface area contributed by atoms with Crippen molar-refractivity contribution in [2.24, 2.45) is 10.2 Å². The van der Waals surface area contributed by atoms with Gasteiger partial charge in [-0.2, -0.15) is 10.2 Å². The highest BCUT2D eigenvalue weighted by molar-refractivity contribution is 8.00. The van der Waals surface area contributed by atoms with E-state index in [9.17, 15) is 17.6 Å². The van der Waals surface area contributed by atoms with Crippen molar-refractivity contribution in [2.45, 2.75) is 31.7 Å². The summed E-state index contributed by atoms with van der Waals surface area (Å²) in [5, 5.41) is 7.46. The van der Waals surface area contributed by atoms with Crippen LogP contribution in [0.25, 0.3) is 0 Å². The average molecular weight is 465 g/mol. The highest BCUT2D eigenvalue weighted by Crippen LogP contribution is 2.29.